The first kappa shape index (κ1) is 14.2. The molecular formula is C14H19N2O2. The molecule has 1 aromatic rings. The van der Waals surface area contributed by atoms with Crippen molar-refractivity contribution in [2.45, 2.75) is 32.6 Å². The van der Waals surface area contributed by atoms with Gasteiger partial charge < -0.3 is 4.74 Å². The van der Waals surface area contributed by atoms with Crippen molar-refractivity contribution < 1.29 is 9.53 Å². The Balaban J connectivity index is 2.22. The van der Waals surface area contributed by atoms with Crippen LogP contribution in [0.1, 0.15) is 38.2 Å². The second-order valence-corrected chi connectivity index (χ2v) is 3.99. The van der Waals surface area contributed by atoms with Gasteiger partial charge in [-0.3, -0.25) is 10.7 Å². The summed E-state index contributed by atoms with van der Waals surface area (Å²) >= 11 is 0. The molecular weight excluding hydrogens is 228 g/mol. The molecule has 0 atom stereocenters. The summed E-state index contributed by atoms with van der Waals surface area (Å²) in [5.74, 6) is 0.0440. The fourth-order valence-corrected chi connectivity index (χ4v) is 1.46. The third kappa shape index (κ3) is 5.48. The Labute approximate surface area is 108 Å². The number of ether oxygens (including phenoxy) is 1. The average molecular weight is 247 g/mol. The molecule has 2 N–H and O–H groups in total. The van der Waals surface area contributed by atoms with Crippen LogP contribution in [-0.2, 0) is 4.74 Å². The Bertz CT molecular complexity index is 377. The molecule has 1 amide bonds. The molecule has 0 heterocycles. The van der Waals surface area contributed by atoms with Crippen molar-refractivity contribution >= 4 is 11.9 Å². The Hall–Kier alpha value is -1.84. The first-order valence-corrected chi connectivity index (χ1v) is 6.23. The van der Waals surface area contributed by atoms with Crippen molar-refractivity contribution in [1.82, 2.24) is 5.32 Å². The molecule has 4 nitrogen and oxygen atoms in total. The first-order valence-electron chi connectivity index (χ1n) is 6.23. The highest BCUT2D eigenvalue weighted by atomic mass is 16.5. The Kier molecular flexibility index (Phi) is 6.54. The summed E-state index contributed by atoms with van der Waals surface area (Å²) in [6.45, 7) is 2.54. The van der Waals surface area contributed by atoms with Crippen molar-refractivity contribution in [2.24, 2.45) is 0 Å². The molecule has 97 valence electrons. The van der Waals surface area contributed by atoms with E-state index in [9.17, 15) is 4.79 Å². The van der Waals surface area contributed by atoms with Crippen molar-refractivity contribution in [1.29, 1.82) is 5.41 Å². The second kappa shape index (κ2) is 8.28. The summed E-state index contributed by atoms with van der Waals surface area (Å²) < 4.78 is 4.98. The number of unbranched alkanes of at least 4 members (excludes halogenated alkanes) is 3. The predicted octanol–water partition coefficient (Wildman–Crippen LogP) is 3.12. The van der Waals surface area contributed by atoms with Gasteiger partial charge in [-0.1, -0.05) is 50.5 Å². The number of alkyl carbamates (subject to hydrolysis) is 1. The number of nitrogens with one attached hydrogen (secondary N) is 2. The van der Waals surface area contributed by atoms with Crippen LogP contribution in [0.5, 0.6) is 0 Å². The second-order valence-electron chi connectivity index (χ2n) is 3.99. The third-order valence-corrected chi connectivity index (χ3v) is 2.47. The van der Waals surface area contributed by atoms with Gasteiger partial charge >= 0.3 is 6.09 Å². The highest BCUT2D eigenvalue weighted by Gasteiger charge is 2.06. The van der Waals surface area contributed by atoms with E-state index in [2.05, 4.69) is 18.3 Å². The van der Waals surface area contributed by atoms with Gasteiger partial charge in [0, 0.05) is 5.56 Å². The highest BCUT2D eigenvalue weighted by molar-refractivity contribution is 6.04. The summed E-state index contributed by atoms with van der Waals surface area (Å²) in [4.78, 5) is 11.4. The molecule has 4 heteroatoms. The van der Waals surface area contributed by atoms with Gasteiger partial charge in [0.05, 0.1) is 6.61 Å². The number of rotatable bonds is 6. The topological polar surface area (TPSA) is 62.2 Å². The van der Waals surface area contributed by atoms with Gasteiger partial charge in [-0.25, -0.2) is 4.79 Å². The largest absolute Gasteiger partial charge is 0.449 e. The number of hydrogen-bond acceptors (Lipinski definition) is 3. The van der Waals surface area contributed by atoms with E-state index in [0.29, 0.717) is 12.2 Å². The lowest BCUT2D eigenvalue weighted by atomic mass is 10.2. The van der Waals surface area contributed by atoms with E-state index in [-0.39, 0.29) is 5.84 Å². The van der Waals surface area contributed by atoms with Gasteiger partial charge in [0.15, 0.2) is 0 Å². The molecule has 0 aliphatic heterocycles. The van der Waals surface area contributed by atoms with Crippen molar-refractivity contribution in [3.63, 3.8) is 0 Å². The molecule has 0 aliphatic rings. The van der Waals surface area contributed by atoms with E-state index in [4.69, 9.17) is 10.1 Å². The Morgan fingerprint density at radius 3 is 2.72 bits per heavy atom. The van der Waals surface area contributed by atoms with Crippen LogP contribution in [0.15, 0.2) is 24.3 Å². The number of amides is 1. The van der Waals surface area contributed by atoms with E-state index in [1.54, 1.807) is 24.3 Å². The van der Waals surface area contributed by atoms with Crippen LogP contribution in [0.25, 0.3) is 0 Å². The maximum atomic E-state index is 11.4. The zero-order valence-electron chi connectivity index (χ0n) is 10.7. The van der Waals surface area contributed by atoms with Crippen molar-refractivity contribution in [3.8, 4) is 0 Å². The molecule has 0 saturated heterocycles. The van der Waals surface area contributed by atoms with E-state index in [1.165, 1.54) is 0 Å². The molecule has 0 spiro atoms. The van der Waals surface area contributed by atoms with Gasteiger partial charge in [-0.15, -0.1) is 0 Å². The zero-order chi connectivity index (χ0) is 13.2. The van der Waals surface area contributed by atoms with Gasteiger partial charge in [0.25, 0.3) is 0 Å². The van der Waals surface area contributed by atoms with Crippen molar-refractivity contribution in [3.05, 3.63) is 35.9 Å². The zero-order valence-corrected chi connectivity index (χ0v) is 10.7. The SMILES string of the molecule is CCCCCCOC(=O)NC(=N)c1cc[c]cc1. The quantitative estimate of drug-likeness (QED) is 0.461. The number of hydrogen-bond donors (Lipinski definition) is 2. The fourth-order valence-electron chi connectivity index (χ4n) is 1.46. The molecule has 0 aromatic heterocycles. The van der Waals surface area contributed by atoms with Gasteiger partial charge in [-0.2, -0.15) is 0 Å². The van der Waals surface area contributed by atoms with Gasteiger partial charge in [-0.05, 0) is 12.5 Å². The minimum absolute atomic E-state index is 0.0440. The molecule has 1 rings (SSSR count). The van der Waals surface area contributed by atoms with Gasteiger partial charge in [0.1, 0.15) is 5.84 Å². The fraction of sp³-hybridized carbons (Fsp3) is 0.429. The van der Waals surface area contributed by atoms with Gasteiger partial charge in [0.2, 0.25) is 0 Å². The molecule has 1 aromatic carbocycles. The number of amidine groups is 1. The maximum absolute atomic E-state index is 11.4. The minimum Gasteiger partial charge on any atom is -0.449 e. The highest BCUT2D eigenvalue weighted by Crippen LogP contribution is 2.00. The van der Waals surface area contributed by atoms with Crippen LogP contribution < -0.4 is 5.32 Å². The lowest BCUT2D eigenvalue weighted by Gasteiger charge is -2.07. The molecule has 18 heavy (non-hydrogen) atoms. The normalized spacial score (nSPS) is 9.83. The molecule has 0 saturated carbocycles. The first-order chi connectivity index (χ1) is 8.74. The van der Waals surface area contributed by atoms with Crippen LogP contribution in [0.3, 0.4) is 0 Å². The Morgan fingerprint density at radius 1 is 1.33 bits per heavy atom. The summed E-state index contributed by atoms with van der Waals surface area (Å²) in [5.41, 5.74) is 0.636. The molecule has 0 aliphatic carbocycles. The molecule has 0 fully saturated rings. The minimum atomic E-state index is -0.565. The van der Waals surface area contributed by atoms with Crippen LogP contribution in [0.4, 0.5) is 4.79 Å². The summed E-state index contributed by atoms with van der Waals surface area (Å²) in [6.07, 6.45) is 3.68. The number of carbonyl (C=O) groups excluding carboxylic acids is 1. The van der Waals surface area contributed by atoms with Crippen LogP contribution in [-0.4, -0.2) is 18.5 Å². The lowest BCUT2D eigenvalue weighted by Crippen LogP contribution is -2.31. The summed E-state index contributed by atoms with van der Waals surface area (Å²) in [7, 11) is 0. The summed E-state index contributed by atoms with van der Waals surface area (Å²) in [5, 5.41) is 10.1. The van der Waals surface area contributed by atoms with Crippen LogP contribution >= 0.6 is 0 Å². The van der Waals surface area contributed by atoms with E-state index in [0.717, 1.165) is 25.7 Å². The maximum Gasteiger partial charge on any atom is 0.412 e. The third-order valence-electron chi connectivity index (χ3n) is 2.47. The summed E-state index contributed by atoms with van der Waals surface area (Å²) in [6, 6.07) is 9.67. The standard InChI is InChI=1S/C14H19N2O2/c1-2-3-4-8-11-18-14(17)16-13(15)12-9-6-5-7-10-12/h6-7,9-10H,2-4,8,11H2,1H3,(H2,15,16,17). The average Bonchev–Trinajstić information content (AvgIpc) is 2.39. The number of carbonyl (C=O) groups is 1. The van der Waals surface area contributed by atoms with E-state index < -0.39 is 6.09 Å². The van der Waals surface area contributed by atoms with E-state index in [1.807, 2.05) is 0 Å². The van der Waals surface area contributed by atoms with Crippen LogP contribution in [0, 0.1) is 11.5 Å². The molecule has 0 unspecified atom stereocenters. The molecule has 0 bridgehead atoms. The van der Waals surface area contributed by atoms with Crippen molar-refractivity contribution in [2.75, 3.05) is 6.61 Å². The molecule has 1 radical (unpaired) electrons. The predicted molar refractivity (Wildman–Crippen MR) is 70.7 cm³/mol. The smallest absolute Gasteiger partial charge is 0.412 e. The monoisotopic (exact) mass is 247 g/mol. The lowest BCUT2D eigenvalue weighted by molar-refractivity contribution is 0.149. The Morgan fingerprint density at radius 2 is 2.06 bits per heavy atom. The van der Waals surface area contributed by atoms with E-state index >= 15 is 0 Å². The number of benzene rings is 1. The van der Waals surface area contributed by atoms with Crippen LogP contribution in [0.2, 0.25) is 0 Å².